The molecule has 0 radical (unpaired) electrons. The highest BCUT2D eigenvalue weighted by Gasteiger charge is 2.19. The zero-order valence-corrected chi connectivity index (χ0v) is 13.7. The maximum Gasteiger partial charge on any atom is 0.321 e. The molecule has 6 nitrogen and oxygen atoms in total. The highest BCUT2D eigenvalue weighted by Crippen LogP contribution is 2.19. The van der Waals surface area contributed by atoms with E-state index < -0.39 is 0 Å². The predicted molar refractivity (Wildman–Crippen MR) is 90.7 cm³/mol. The molecular weight excluding hydrogens is 290 g/mol. The first kappa shape index (κ1) is 15.6. The van der Waals surface area contributed by atoms with Crippen LogP contribution in [0.4, 0.5) is 10.5 Å². The summed E-state index contributed by atoms with van der Waals surface area (Å²) in [6.45, 7) is 5.35. The summed E-state index contributed by atoms with van der Waals surface area (Å²) in [4.78, 5) is 24.1. The van der Waals surface area contributed by atoms with E-state index in [1.54, 1.807) is 0 Å². The molecule has 0 atom stereocenters. The molecule has 1 aromatic carbocycles. The van der Waals surface area contributed by atoms with E-state index in [-0.39, 0.29) is 6.03 Å². The number of piperazine rings is 1. The lowest BCUT2D eigenvalue weighted by atomic mass is 10.1. The standard InChI is InChI=1S/C17H23N5O/c1-13-12-18-16(19-13)11-14-5-3-4-6-15(14)20-17(23)22-9-7-21(2)8-10-22/h3-6,12H,7-11H2,1-2H3,(H,18,19)(H,20,23). The van der Waals surface area contributed by atoms with E-state index in [2.05, 4.69) is 27.2 Å². The first-order valence-electron chi connectivity index (χ1n) is 7.94. The fourth-order valence-corrected chi connectivity index (χ4v) is 2.74. The molecule has 2 aromatic rings. The summed E-state index contributed by atoms with van der Waals surface area (Å²) in [6, 6.07) is 7.87. The summed E-state index contributed by atoms with van der Waals surface area (Å²) in [6.07, 6.45) is 2.49. The fraction of sp³-hybridized carbons (Fsp3) is 0.412. The monoisotopic (exact) mass is 313 g/mol. The molecule has 2 heterocycles. The number of carbonyl (C=O) groups is 1. The van der Waals surface area contributed by atoms with Gasteiger partial charge in [-0.05, 0) is 25.6 Å². The number of hydrogen-bond donors (Lipinski definition) is 2. The van der Waals surface area contributed by atoms with Gasteiger partial charge in [0.15, 0.2) is 0 Å². The number of aromatic nitrogens is 2. The third-order valence-corrected chi connectivity index (χ3v) is 4.16. The number of benzene rings is 1. The minimum atomic E-state index is -0.0267. The number of nitrogens with zero attached hydrogens (tertiary/aromatic N) is 3. The molecular formula is C17H23N5O. The van der Waals surface area contributed by atoms with Crippen LogP contribution in [0.5, 0.6) is 0 Å². The Kier molecular flexibility index (Phi) is 4.62. The molecule has 1 aliphatic rings. The zero-order chi connectivity index (χ0) is 16.2. The molecule has 0 bridgehead atoms. The molecule has 6 heteroatoms. The molecule has 1 fully saturated rings. The van der Waals surface area contributed by atoms with Crippen molar-refractivity contribution >= 4 is 11.7 Å². The number of aromatic amines is 1. The molecule has 0 aliphatic carbocycles. The highest BCUT2D eigenvalue weighted by molar-refractivity contribution is 5.90. The Balaban J connectivity index is 1.69. The van der Waals surface area contributed by atoms with Crippen molar-refractivity contribution < 1.29 is 4.79 Å². The molecule has 0 spiro atoms. The first-order valence-corrected chi connectivity index (χ1v) is 7.94. The van der Waals surface area contributed by atoms with E-state index in [0.29, 0.717) is 6.42 Å². The van der Waals surface area contributed by atoms with Crippen molar-refractivity contribution in [1.82, 2.24) is 19.8 Å². The lowest BCUT2D eigenvalue weighted by molar-refractivity contribution is 0.164. The van der Waals surface area contributed by atoms with Gasteiger partial charge in [-0.15, -0.1) is 0 Å². The molecule has 0 unspecified atom stereocenters. The Hall–Kier alpha value is -2.34. The number of hydrogen-bond acceptors (Lipinski definition) is 3. The van der Waals surface area contributed by atoms with Gasteiger partial charge in [0.1, 0.15) is 5.82 Å². The SMILES string of the molecule is Cc1cnc(Cc2ccccc2NC(=O)N2CCN(C)CC2)[nH]1. The summed E-state index contributed by atoms with van der Waals surface area (Å²) >= 11 is 0. The summed E-state index contributed by atoms with van der Waals surface area (Å²) in [5, 5.41) is 3.05. The number of aryl methyl sites for hydroxylation is 1. The number of imidazole rings is 1. The second kappa shape index (κ2) is 6.83. The number of carbonyl (C=O) groups excluding carboxylic acids is 1. The number of rotatable bonds is 3. The topological polar surface area (TPSA) is 64.3 Å². The van der Waals surface area contributed by atoms with Crippen LogP contribution in [0, 0.1) is 6.92 Å². The number of H-pyrrole nitrogens is 1. The number of nitrogens with one attached hydrogen (secondary N) is 2. The van der Waals surface area contributed by atoms with Crippen LogP contribution >= 0.6 is 0 Å². The zero-order valence-electron chi connectivity index (χ0n) is 13.7. The molecule has 3 rings (SSSR count). The Morgan fingerprint density at radius 2 is 2.00 bits per heavy atom. The quantitative estimate of drug-likeness (QED) is 0.912. The summed E-state index contributed by atoms with van der Waals surface area (Å²) < 4.78 is 0. The maximum absolute atomic E-state index is 12.5. The van der Waals surface area contributed by atoms with Gasteiger partial charge in [-0.1, -0.05) is 18.2 Å². The summed E-state index contributed by atoms with van der Waals surface area (Å²) in [5.74, 6) is 0.906. The van der Waals surface area contributed by atoms with Crippen molar-refractivity contribution in [2.24, 2.45) is 0 Å². The molecule has 0 saturated carbocycles. The van der Waals surface area contributed by atoms with Gasteiger partial charge in [0.25, 0.3) is 0 Å². The van der Waals surface area contributed by atoms with Crippen molar-refractivity contribution in [1.29, 1.82) is 0 Å². The minimum Gasteiger partial charge on any atom is -0.346 e. The smallest absolute Gasteiger partial charge is 0.321 e. The minimum absolute atomic E-state index is 0.0267. The van der Waals surface area contributed by atoms with Gasteiger partial charge in [-0.3, -0.25) is 0 Å². The largest absolute Gasteiger partial charge is 0.346 e. The van der Waals surface area contributed by atoms with Crippen LogP contribution in [0.2, 0.25) is 0 Å². The molecule has 23 heavy (non-hydrogen) atoms. The van der Waals surface area contributed by atoms with Gasteiger partial charge < -0.3 is 20.1 Å². The van der Waals surface area contributed by atoms with E-state index in [0.717, 1.165) is 48.9 Å². The summed E-state index contributed by atoms with van der Waals surface area (Å²) in [5.41, 5.74) is 2.95. The number of anilines is 1. The molecule has 1 saturated heterocycles. The van der Waals surface area contributed by atoms with Crippen LogP contribution in [0.1, 0.15) is 17.1 Å². The maximum atomic E-state index is 12.5. The van der Waals surface area contributed by atoms with E-state index in [1.165, 1.54) is 0 Å². The van der Waals surface area contributed by atoms with Gasteiger partial charge in [0.05, 0.1) is 0 Å². The van der Waals surface area contributed by atoms with Crippen molar-refractivity contribution in [2.45, 2.75) is 13.3 Å². The molecule has 1 aromatic heterocycles. The molecule has 1 aliphatic heterocycles. The van der Waals surface area contributed by atoms with Gasteiger partial charge in [0.2, 0.25) is 0 Å². The normalized spacial score (nSPS) is 15.7. The van der Waals surface area contributed by atoms with Gasteiger partial charge in [0, 0.05) is 50.2 Å². The Labute approximate surface area is 136 Å². The average molecular weight is 313 g/mol. The average Bonchev–Trinajstić information content (AvgIpc) is 2.95. The van der Waals surface area contributed by atoms with Crippen LogP contribution in [-0.4, -0.2) is 59.0 Å². The fourth-order valence-electron chi connectivity index (χ4n) is 2.74. The second-order valence-corrected chi connectivity index (χ2v) is 6.07. The third-order valence-electron chi connectivity index (χ3n) is 4.16. The van der Waals surface area contributed by atoms with Crippen molar-refractivity contribution in [2.75, 3.05) is 38.5 Å². The van der Waals surface area contributed by atoms with E-state index in [9.17, 15) is 4.79 Å². The first-order chi connectivity index (χ1) is 11.1. The van der Waals surface area contributed by atoms with Gasteiger partial charge in [-0.25, -0.2) is 9.78 Å². The van der Waals surface area contributed by atoms with Crippen molar-refractivity contribution in [3.63, 3.8) is 0 Å². The Morgan fingerprint density at radius 3 is 2.70 bits per heavy atom. The Bertz CT molecular complexity index is 673. The molecule has 2 N–H and O–H groups in total. The van der Waals surface area contributed by atoms with Crippen molar-refractivity contribution in [3.05, 3.63) is 47.5 Å². The van der Waals surface area contributed by atoms with E-state index in [4.69, 9.17) is 0 Å². The molecule has 2 amide bonds. The lowest BCUT2D eigenvalue weighted by Gasteiger charge is -2.32. The van der Waals surface area contributed by atoms with Gasteiger partial charge >= 0.3 is 6.03 Å². The third kappa shape index (κ3) is 3.90. The van der Waals surface area contributed by atoms with Gasteiger partial charge in [-0.2, -0.15) is 0 Å². The number of likely N-dealkylation sites (N-methyl/N-ethyl adjacent to an activating group) is 1. The highest BCUT2D eigenvalue weighted by atomic mass is 16.2. The van der Waals surface area contributed by atoms with Crippen molar-refractivity contribution in [3.8, 4) is 0 Å². The van der Waals surface area contributed by atoms with E-state index >= 15 is 0 Å². The van der Waals surface area contributed by atoms with E-state index in [1.807, 2.05) is 42.3 Å². The van der Waals surface area contributed by atoms with Crippen LogP contribution in [0.3, 0.4) is 0 Å². The van der Waals surface area contributed by atoms with Crippen LogP contribution in [0.15, 0.2) is 30.5 Å². The summed E-state index contributed by atoms with van der Waals surface area (Å²) in [7, 11) is 2.08. The number of amides is 2. The van der Waals surface area contributed by atoms with Crippen LogP contribution in [0.25, 0.3) is 0 Å². The van der Waals surface area contributed by atoms with Crippen LogP contribution < -0.4 is 5.32 Å². The number of para-hydroxylation sites is 1. The predicted octanol–water partition coefficient (Wildman–Crippen LogP) is 2.09. The Morgan fingerprint density at radius 1 is 1.26 bits per heavy atom. The molecule has 122 valence electrons. The second-order valence-electron chi connectivity index (χ2n) is 6.07. The number of urea groups is 1. The van der Waals surface area contributed by atoms with Crippen LogP contribution in [-0.2, 0) is 6.42 Å². The lowest BCUT2D eigenvalue weighted by Crippen LogP contribution is -2.48.